The fraction of sp³-hybridized carbons (Fsp3) is 0.364. The number of benzene rings is 1. The van der Waals surface area contributed by atoms with E-state index in [9.17, 15) is 8.42 Å². The Morgan fingerprint density at radius 2 is 1.83 bits per heavy atom. The SMILES string of the molecule is N#Cc1cccc(S(=O)(=O)N(CCCl)CCCl)c1. The summed E-state index contributed by atoms with van der Waals surface area (Å²) in [5.41, 5.74) is 0.299. The molecule has 1 rings (SSSR count). The number of rotatable bonds is 6. The molecule has 1 aromatic rings. The van der Waals surface area contributed by atoms with Gasteiger partial charge in [0.05, 0.1) is 16.5 Å². The van der Waals surface area contributed by atoms with Gasteiger partial charge in [0.15, 0.2) is 0 Å². The second kappa shape index (κ2) is 6.95. The zero-order chi connectivity index (χ0) is 13.6. The first-order chi connectivity index (χ1) is 8.56. The Bertz CT molecular complexity index is 534. The zero-order valence-corrected chi connectivity index (χ0v) is 11.8. The molecule has 4 nitrogen and oxygen atoms in total. The lowest BCUT2D eigenvalue weighted by molar-refractivity contribution is 0.448. The molecule has 0 aliphatic rings. The molecule has 0 saturated heterocycles. The van der Waals surface area contributed by atoms with Gasteiger partial charge in [-0.05, 0) is 18.2 Å². The monoisotopic (exact) mass is 306 g/mol. The van der Waals surface area contributed by atoms with Gasteiger partial charge in [0, 0.05) is 24.8 Å². The highest BCUT2D eigenvalue weighted by atomic mass is 35.5. The first-order valence-corrected chi connectivity index (χ1v) is 7.69. The number of hydrogen-bond acceptors (Lipinski definition) is 3. The normalized spacial score (nSPS) is 11.4. The first-order valence-electron chi connectivity index (χ1n) is 5.18. The van der Waals surface area contributed by atoms with Crippen LogP contribution in [0.15, 0.2) is 29.2 Å². The summed E-state index contributed by atoms with van der Waals surface area (Å²) < 4.78 is 25.8. The molecule has 0 N–H and O–H groups in total. The van der Waals surface area contributed by atoms with Crippen molar-refractivity contribution in [2.24, 2.45) is 0 Å². The summed E-state index contributed by atoms with van der Waals surface area (Å²) >= 11 is 11.2. The molecule has 0 spiro atoms. The van der Waals surface area contributed by atoms with E-state index in [0.717, 1.165) is 0 Å². The first kappa shape index (κ1) is 15.3. The Morgan fingerprint density at radius 3 is 2.33 bits per heavy atom. The molecule has 0 heterocycles. The van der Waals surface area contributed by atoms with Crippen molar-refractivity contribution >= 4 is 33.2 Å². The van der Waals surface area contributed by atoms with E-state index in [0.29, 0.717) is 5.56 Å². The Balaban J connectivity index is 3.13. The molecule has 0 aliphatic heterocycles. The lowest BCUT2D eigenvalue weighted by atomic mass is 10.2. The lowest BCUT2D eigenvalue weighted by Gasteiger charge is -2.20. The highest BCUT2D eigenvalue weighted by Crippen LogP contribution is 2.17. The Hall–Kier alpha value is -0.800. The molecule has 1 aromatic carbocycles. The third-order valence-electron chi connectivity index (χ3n) is 2.27. The summed E-state index contributed by atoms with van der Waals surface area (Å²) in [6.07, 6.45) is 0. The van der Waals surface area contributed by atoms with Crippen LogP contribution in [0.3, 0.4) is 0 Å². The minimum absolute atomic E-state index is 0.0804. The molecule has 18 heavy (non-hydrogen) atoms. The van der Waals surface area contributed by atoms with E-state index >= 15 is 0 Å². The van der Waals surface area contributed by atoms with Crippen LogP contribution in [0.2, 0.25) is 0 Å². The third-order valence-corrected chi connectivity index (χ3v) is 4.50. The molecule has 0 bridgehead atoms. The van der Waals surface area contributed by atoms with E-state index < -0.39 is 10.0 Å². The molecule has 0 unspecified atom stereocenters. The fourth-order valence-corrected chi connectivity index (χ4v) is 3.51. The van der Waals surface area contributed by atoms with Gasteiger partial charge in [0.25, 0.3) is 0 Å². The van der Waals surface area contributed by atoms with Crippen LogP contribution in [-0.4, -0.2) is 37.6 Å². The number of sulfonamides is 1. The van der Waals surface area contributed by atoms with E-state index in [-0.39, 0.29) is 29.7 Å². The lowest BCUT2D eigenvalue weighted by Crippen LogP contribution is -2.34. The zero-order valence-electron chi connectivity index (χ0n) is 9.51. The maximum atomic E-state index is 12.3. The summed E-state index contributed by atoms with van der Waals surface area (Å²) in [5.74, 6) is 0.377. The standard InChI is InChI=1S/C11H12Cl2N2O2S/c12-4-6-15(7-5-13)18(16,17)11-3-1-2-10(8-11)9-14/h1-3,8H,4-7H2. The van der Waals surface area contributed by atoms with Crippen molar-refractivity contribution in [3.05, 3.63) is 29.8 Å². The number of nitriles is 1. The van der Waals surface area contributed by atoms with Crippen molar-refractivity contribution in [3.8, 4) is 6.07 Å². The Kier molecular flexibility index (Phi) is 5.89. The van der Waals surface area contributed by atoms with Crippen molar-refractivity contribution in [1.29, 1.82) is 5.26 Å². The van der Waals surface area contributed by atoms with E-state index in [1.807, 2.05) is 6.07 Å². The maximum absolute atomic E-state index is 12.3. The van der Waals surface area contributed by atoms with Crippen LogP contribution >= 0.6 is 23.2 Å². The Morgan fingerprint density at radius 1 is 1.22 bits per heavy atom. The number of hydrogen-bond donors (Lipinski definition) is 0. The quantitative estimate of drug-likeness (QED) is 0.756. The van der Waals surface area contributed by atoms with Crippen molar-refractivity contribution in [3.63, 3.8) is 0 Å². The van der Waals surface area contributed by atoms with Gasteiger partial charge in [-0.3, -0.25) is 0 Å². The second-order valence-corrected chi connectivity index (χ2v) is 6.12. The number of alkyl halides is 2. The van der Waals surface area contributed by atoms with Crippen molar-refractivity contribution < 1.29 is 8.42 Å². The highest BCUT2D eigenvalue weighted by Gasteiger charge is 2.23. The Labute approximate surface area is 117 Å². The van der Waals surface area contributed by atoms with E-state index in [1.54, 1.807) is 6.07 Å². The molecule has 0 fully saturated rings. The van der Waals surface area contributed by atoms with Crippen LogP contribution in [-0.2, 0) is 10.0 Å². The van der Waals surface area contributed by atoms with Gasteiger partial charge in [-0.1, -0.05) is 6.07 Å². The summed E-state index contributed by atoms with van der Waals surface area (Å²) in [6, 6.07) is 7.78. The van der Waals surface area contributed by atoms with Crippen LogP contribution in [0.4, 0.5) is 0 Å². The smallest absolute Gasteiger partial charge is 0.207 e. The van der Waals surface area contributed by atoms with Crippen LogP contribution in [0.5, 0.6) is 0 Å². The maximum Gasteiger partial charge on any atom is 0.243 e. The van der Waals surface area contributed by atoms with Crippen molar-refractivity contribution in [2.45, 2.75) is 4.90 Å². The van der Waals surface area contributed by atoms with Gasteiger partial charge in [0.1, 0.15) is 0 Å². The minimum Gasteiger partial charge on any atom is -0.207 e. The van der Waals surface area contributed by atoms with Crippen LogP contribution in [0, 0.1) is 11.3 Å². The van der Waals surface area contributed by atoms with E-state index in [2.05, 4.69) is 0 Å². The molecule has 7 heteroatoms. The number of halogens is 2. The van der Waals surface area contributed by atoms with E-state index in [4.69, 9.17) is 28.5 Å². The minimum atomic E-state index is -3.64. The molecule has 0 radical (unpaired) electrons. The molecular formula is C11H12Cl2N2O2S. The molecule has 98 valence electrons. The van der Waals surface area contributed by atoms with Gasteiger partial charge in [-0.15, -0.1) is 23.2 Å². The number of nitrogens with zero attached hydrogens (tertiary/aromatic N) is 2. The van der Waals surface area contributed by atoms with Gasteiger partial charge < -0.3 is 0 Å². The molecule has 0 amide bonds. The fourth-order valence-electron chi connectivity index (χ4n) is 1.42. The average Bonchev–Trinajstić information content (AvgIpc) is 2.38. The predicted octanol–water partition coefficient (Wildman–Crippen LogP) is 2.03. The average molecular weight is 307 g/mol. The largest absolute Gasteiger partial charge is 0.243 e. The molecule has 0 atom stereocenters. The van der Waals surface area contributed by atoms with Gasteiger partial charge in [0.2, 0.25) is 10.0 Å². The molecular weight excluding hydrogens is 295 g/mol. The van der Waals surface area contributed by atoms with Crippen LogP contribution < -0.4 is 0 Å². The van der Waals surface area contributed by atoms with Crippen molar-refractivity contribution in [2.75, 3.05) is 24.8 Å². The predicted molar refractivity (Wildman–Crippen MR) is 71.4 cm³/mol. The van der Waals surface area contributed by atoms with Crippen LogP contribution in [0.25, 0.3) is 0 Å². The van der Waals surface area contributed by atoms with Gasteiger partial charge in [-0.2, -0.15) is 9.57 Å². The third kappa shape index (κ3) is 3.59. The van der Waals surface area contributed by atoms with Crippen molar-refractivity contribution in [1.82, 2.24) is 4.31 Å². The van der Waals surface area contributed by atoms with E-state index in [1.165, 1.54) is 22.5 Å². The summed E-state index contributed by atoms with van der Waals surface area (Å²) in [7, 11) is -3.64. The topological polar surface area (TPSA) is 61.2 Å². The van der Waals surface area contributed by atoms with Gasteiger partial charge >= 0.3 is 0 Å². The van der Waals surface area contributed by atoms with Crippen LogP contribution in [0.1, 0.15) is 5.56 Å². The molecule has 0 aliphatic carbocycles. The molecule has 0 aromatic heterocycles. The molecule has 0 saturated carbocycles. The highest BCUT2D eigenvalue weighted by molar-refractivity contribution is 7.89. The summed E-state index contributed by atoms with van der Waals surface area (Å²) in [5, 5.41) is 8.77. The summed E-state index contributed by atoms with van der Waals surface area (Å²) in [6.45, 7) is 0.376. The second-order valence-electron chi connectivity index (χ2n) is 3.42. The summed E-state index contributed by atoms with van der Waals surface area (Å²) in [4.78, 5) is 0.0804. The van der Waals surface area contributed by atoms with Gasteiger partial charge in [-0.25, -0.2) is 8.42 Å².